The SMILES string of the molecule is CC(C)c1noc(C2CN(C(=O)NCCc3ccccc3)C2)n1. The highest BCUT2D eigenvalue weighted by Crippen LogP contribution is 2.26. The van der Waals surface area contributed by atoms with Crippen LogP contribution in [0.15, 0.2) is 34.9 Å². The molecule has 0 atom stereocenters. The first-order valence-corrected chi connectivity index (χ1v) is 8.03. The minimum atomic E-state index is -0.0271. The Morgan fingerprint density at radius 2 is 2.09 bits per heavy atom. The van der Waals surface area contributed by atoms with Gasteiger partial charge in [-0.25, -0.2) is 4.79 Å². The number of amides is 2. The van der Waals surface area contributed by atoms with Gasteiger partial charge in [0.05, 0.1) is 5.92 Å². The molecule has 0 saturated carbocycles. The molecule has 1 aromatic carbocycles. The summed E-state index contributed by atoms with van der Waals surface area (Å²) >= 11 is 0. The zero-order valence-corrected chi connectivity index (χ0v) is 13.5. The third-order valence-corrected chi connectivity index (χ3v) is 4.02. The highest BCUT2D eigenvalue weighted by atomic mass is 16.5. The normalized spacial score (nSPS) is 14.8. The van der Waals surface area contributed by atoms with Crippen molar-refractivity contribution in [3.63, 3.8) is 0 Å². The zero-order valence-electron chi connectivity index (χ0n) is 13.5. The summed E-state index contributed by atoms with van der Waals surface area (Å²) in [6.45, 7) is 5.97. The van der Waals surface area contributed by atoms with Crippen molar-refractivity contribution in [2.24, 2.45) is 0 Å². The lowest BCUT2D eigenvalue weighted by Gasteiger charge is -2.36. The number of aromatic nitrogens is 2. The molecule has 0 radical (unpaired) electrons. The van der Waals surface area contributed by atoms with Crippen molar-refractivity contribution in [2.45, 2.75) is 32.1 Å². The second kappa shape index (κ2) is 6.81. The van der Waals surface area contributed by atoms with Gasteiger partial charge in [-0.1, -0.05) is 49.3 Å². The Morgan fingerprint density at radius 3 is 2.74 bits per heavy atom. The average Bonchev–Trinajstić information content (AvgIpc) is 2.96. The predicted molar refractivity (Wildman–Crippen MR) is 86.2 cm³/mol. The molecule has 1 saturated heterocycles. The highest BCUT2D eigenvalue weighted by Gasteiger charge is 2.35. The first kappa shape index (κ1) is 15.5. The number of benzene rings is 1. The van der Waals surface area contributed by atoms with Gasteiger partial charge in [-0.2, -0.15) is 4.98 Å². The first-order valence-electron chi connectivity index (χ1n) is 8.03. The Kier molecular flexibility index (Phi) is 4.60. The van der Waals surface area contributed by atoms with Crippen molar-refractivity contribution in [1.29, 1.82) is 0 Å². The lowest BCUT2D eigenvalue weighted by Crippen LogP contribution is -2.52. The fraction of sp³-hybridized carbons (Fsp3) is 0.471. The standard InChI is InChI=1S/C17H22N4O2/c1-12(2)15-19-16(23-20-15)14-10-21(11-14)17(22)18-9-8-13-6-4-3-5-7-13/h3-7,12,14H,8-11H2,1-2H3,(H,18,22). The van der Waals surface area contributed by atoms with Crippen molar-refractivity contribution in [1.82, 2.24) is 20.4 Å². The van der Waals surface area contributed by atoms with Crippen LogP contribution in [0.4, 0.5) is 4.79 Å². The van der Waals surface area contributed by atoms with E-state index in [0.29, 0.717) is 25.5 Å². The van der Waals surface area contributed by atoms with Crippen LogP contribution >= 0.6 is 0 Å². The van der Waals surface area contributed by atoms with E-state index in [0.717, 1.165) is 12.2 Å². The van der Waals surface area contributed by atoms with Crippen LogP contribution in [-0.4, -0.2) is 40.7 Å². The number of nitrogens with one attached hydrogen (secondary N) is 1. The summed E-state index contributed by atoms with van der Waals surface area (Å²) in [5, 5.41) is 6.92. The molecular weight excluding hydrogens is 292 g/mol. The van der Waals surface area contributed by atoms with Crippen LogP contribution in [0.2, 0.25) is 0 Å². The molecule has 0 spiro atoms. The average molecular weight is 314 g/mol. The quantitative estimate of drug-likeness (QED) is 0.920. The Bertz CT molecular complexity index is 648. The lowest BCUT2D eigenvalue weighted by atomic mass is 10.0. The van der Waals surface area contributed by atoms with Gasteiger partial charge in [0.2, 0.25) is 5.89 Å². The number of hydrogen-bond donors (Lipinski definition) is 1. The summed E-state index contributed by atoms with van der Waals surface area (Å²) in [6.07, 6.45) is 0.839. The Balaban J connectivity index is 1.41. The Morgan fingerprint density at radius 1 is 1.35 bits per heavy atom. The van der Waals surface area contributed by atoms with E-state index < -0.39 is 0 Å². The number of rotatable bonds is 5. The molecule has 23 heavy (non-hydrogen) atoms. The van der Waals surface area contributed by atoms with Crippen LogP contribution in [0.3, 0.4) is 0 Å². The molecule has 1 aliphatic rings. The van der Waals surface area contributed by atoms with Gasteiger partial charge in [0.25, 0.3) is 0 Å². The molecule has 1 fully saturated rings. The van der Waals surface area contributed by atoms with Crippen molar-refractivity contribution in [2.75, 3.05) is 19.6 Å². The smallest absolute Gasteiger partial charge is 0.317 e. The van der Waals surface area contributed by atoms with E-state index in [2.05, 4.69) is 27.6 Å². The van der Waals surface area contributed by atoms with Crippen molar-refractivity contribution >= 4 is 6.03 Å². The number of hydrogen-bond acceptors (Lipinski definition) is 4. The fourth-order valence-corrected chi connectivity index (χ4v) is 2.52. The van der Waals surface area contributed by atoms with Gasteiger partial charge in [-0.3, -0.25) is 0 Å². The van der Waals surface area contributed by atoms with Crippen LogP contribution < -0.4 is 5.32 Å². The van der Waals surface area contributed by atoms with E-state index in [4.69, 9.17) is 4.52 Å². The van der Waals surface area contributed by atoms with E-state index >= 15 is 0 Å². The number of urea groups is 1. The summed E-state index contributed by atoms with van der Waals surface area (Å²) in [5.74, 6) is 1.78. The third kappa shape index (κ3) is 3.70. The molecule has 6 nitrogen and oxygen atoms in total. The van der Waals surface area contributed by atoms with Crippen LogP contribution in [-0.2, 0) is 6.42 Å². The maximum absolute atomic E-state index is 12.1. The van der Waals surface area contributed by atoms with E-state index in [1.165, 1.54) is 5.56 Å². The summed E-state index contributed by atoms with van der Waals surface area (Å²) in [6, 6.07) is 10.1. The molecule has 2 aromatic rings. The van der Waals surface area contributed by atoms with Gasteiger partial charge in [-0.05, 0) is 12.0 Å². The van der Waals surface area contributed by atoms with E-state index in [1.807, 2.05) is 32.0 Å². The number of carbonyl (C=O) groups is 1. The van der Waals surface area contributed by atoms with Crippen LogP contribution in [0, 0.1) is 0 Å². The van der Waals surface area contributed by atoms with Gasteiger partial charge >= 0.3 is 6.03 Å². The molecule has 1 aliphatic heterocycles. The number of nitrogens with zero attached hydrogens (tertiary/aromatic N) is 3. The summed E-state index contributed by atoms with van der Waals surface area (Å²) in [5.41, 5.74) is 1.22. The number of likely N-dealkylation sites (tertiary alicyclic amines) is 1. The molecule has 1 aromatic heterocycles. The Hall–Kier alpha value is -2.37. The van der Waals surface area contributed by atoms with Gasteiger partial charge in [0, 0.05) is 25.6 Å². The van der Waals surface area contributed by atoms with E-state index in [-0.39, 0.29) is 17.9 Å². The van der Waals surface area contributed by atoms with Crippen molar-refractivity contribution in [3.8, 4) is 0 Å². The lowest BCUT2D eigenvalue weighted by molar-refractivity contribution is 0.137. The van der Waals surface area contributed by atoms with Crippen LogP contribution in [0.25, 0.3) is 0 Å². The molecular formula is C17H22N4O2. The minimum absolute atomic E-state index is 0.0271. The molecule has 122 valence electrons. The molecule has 0 unspecified atom stereocenters. The molecule has 1 N–H and O–H groups in total. The topological polar surface area (TPSA) is 71.3 Å². The molecule has 0 bridgehead atoms. The number of carbonyl (C=O) groups excluding carboxylic acids is 1. The monoisotopic (exact) mass is 314 g/mol. The van der Waals surface area contributed by atoms with E-state index in [9.17, 15) is 4.79 Å². The Labute approximate surface area is 135 Å². The largest absolute Gasteiger partial charge is 0.339 e. The third-order valence-electron chi connectivity index (χ3n) is 4.02. The zero-order chi connectivity index (χ0) is 16.2. The minimum Gasteiger partial charge on any atom is -0.339 e. The predicted octanol–water partition coefficient (Wildman–Crippen LogP) is 2.54. The van der Waals surface area contributed by atoms with Gasteiger partial charge in [0.1, 0.15) is 0 Å². The fourth-order valence-electron chi connectivity index (χ4n) is 2.52. The highest BCUT2D eigenvalue weighted by molar-refractivity contribution is 5.75. The molecule has 0 aliphatic carbocycles. The van der Waals surface area contributed by atoms with Gasteiger partial charge in [0.15, 0.2) is 5.82 Å². The van der Waals surface area contributed by atoms with Crippen molar-refractivity contribution < 1.29 is 9.32 Å². The van der Waals surface area contributed by atoms with Crippen LogP contribution in [0.1, 0.15) is 43.0 Å². The van der Waals surface area contributed by atoms with Gasteiger partial charge < -0.3 is 14.7 Å². The molecule has 2 amide bonds. The van der Waals surface area contributed by atoms with Crippen LogP contribution in [0.5, 0.6) is 0 Å². The molecule has 3 rings (SSSR count). The first-order chi connectivity index (χ1) is 11.1. The van der Waals surface area contributed by atoms with E-state index in [1.54, 1.807) is 4.90 Å². The molecule has 6 heteroatoms. The van der Waals surface area contributed by atoms with Gasteiger partial charge in [-0.15, -0.1) is 0 Å². The second-order valence-corrected chi connectivity index (χ2v) is 6.21. The summed E-state index contributed by atoms with van der Waals surface area (Å²) in [4.78, 5) is 18.2. The summed E-state index contributed by atoms with van der Waals surface area (Å²) < 4.78 is 5.28. The van der Waals surface area contributed by atoms with Crippen molar-refractivity contribution in [3.05, 3.63) is 47.6 Å². The second-order valence-electron chi connectivity index (χ2n) is 6.21. The maximum atomic E-state index is 12.1. The molecule has 2 heterocycles. The maximum Gasteiger partial charge on any atom is 0.317 e. The summed E-state index contributed by atoms with van der Waals surface area (Å²) in [7, 11) is 0.